The molecule has 0 radical (unpaired) electrons. The minimum atomic E-state index is -3.50. The molecule has 0 saturated carbocycles. The number of nitrogens with zero attached hydrogens (tertiary/aromatic N) is 3. The van der Waals surface area contributed by atoms with Crippen LogP contribution in [-0.4, -0.2) is 86.9 Å². The first kappa shape index (κ1) is 19.8. The number of nitrogens with one attached hydrogen (secondary N) is 1. The van der Waals surface area contributed by atoms with Crippen molar-refractivity contribution in [1.29, 1.82) is 0 Å². The van der Waals surface area contributed by atoms with E-state index in [4.69, 9.17) is 0 Å². The fraction of sp³-hybridized carbons (Fsp3) is 0.650. The number of benzene rings is 1. The number of amides is 1. The van der Waals surface area contributed by atoms with Gasteiger partial charge in [0.25, 0.3) is 5.91 Å². The van der Waals surface area contributed by atoms with Gasteiger partial charge < -0.3 is 9.80 Å². The average molecular weight is 408 g/mol. The smallest absolute Gasteiger partial charge is 0.279 e. The first-order chi connectivity index (χ1) is 13.4. The molecule has 1 amide bonds. The molecule has 28 heavy (non-hydrogen) atoms. The lowest BCUT2D eigenvalue weighted by Crippen LogP contribution is -2.68. The van der Waals surface area contributed by atoms with Crippen molar-refractivity contribution in [1.82, 2.24) is 9.21 Å². The lowest BCUT2D eigenvalue weighted by atomic mass is 10.1. The zero-order chi connectivity index (χ0) is 19.8. The second kappa shape index (κ2) is 7.74. The Bertz CT molecular complexity index is 827. The third-order valence-electron chi connectivity index (χ3n) is 6.59. The molecule has 1 N–H and O–H groups in total. The van der Waals surface area contributed by atoms with E-state index in [9.17, 15) is 13.2 Å². The summed E-state index contributed by atoms with van der Waals surface area (Å²) in [4.78, 5) is 15.5. The van der Waals surface area contributed by atoms with Crippen molar-refractivity contribution >= 4 is 21.6 Å². The molecule has 7 nitrogen and oxygen atoms in total. The molecule has 154 valence electrons. The van der Waals surface area contributed by atoms with Gasteiger partial charge in [0, 0.05) is 38.4 Å². The molecule has 0 spiro atoms. The van der Waals surface area contributed by atoms with Gasteiger partial charge in [-0.05, 0) is 37.5 Å². The van der Waals surface area contributed by atoms with Crippen LogP contribution in [0.2, 0.25) is 0 Å². The number of sulfonamides is 1. The molecule has 4 aliphatic heterocycles. The zero-order valence-corrected chi connectivity index (χ0v) is 17.5. The number of quaternary nitrogens is 1. The number of carbonyl (C=O) groups is 1. The Labute approximate surface area is 167 Å². The predicted octanol–water partition coefficient (Wildman–Crippen LogP) is 1.25. The van der Waals surface area contributed by atoms with Gasteiger partial charge in [0.15, 0.2) is 6.54 Å². The van der Waals surface area contributed by atoms with Crippen LogP contribution in [0.15, 0.2) is 23.1 Å². The van der Waals surface area contributed by atoms with E-state index in [1.165, 1.54) is 0 Å². The zero-order valence-electron chi connectivity index (χ0n) is 16.7. The van der Waals surface area contributed by atoms with Gasteiger partial charge in [0.05, 0.1) is 24.5 Å². The van der Waals surface area contributed by atoms with Crippen LogP contribution >= 0.6 is 0 Å². The van der Waals surface area contributed by atoms with Crippen LogP contribution in [-0.2, 0) is 14.8 Å². The molecule has 1 aromatic carbocycles. The Morgan fingerprint density at radius 3 is 2.32 bits per heavy atom. The van der Waals surface area contributed by atoms with Crippen LogP contribution in [0.5, 0.6) is 0 Å². The van der Waals surface area contributed by atoms with E-state index in [1.807, 2.05) is 6.92 Å². The number of piperazine rings is 3. The highest BCUT2D eigenvalue weighted by Crippen LogP contribution is 2.26. The number of hydrogen-bond acceptors (Lipinski definition) is 4. The maximum Gasteiger partial charge on any atom is 0.279 e. The molecule has 4 heterocycles. The summed E-state index contributed by atoms with van der Waals surface area (Å²) in [6.45, 7) is 9.79. The molecule has 0 aromatic heterocycles. The van der Waals surface area contributed by atoms with Crippen LogP contribution in [0.1, 0.15) is 24.8 Å². The molecule has 1 aromatic rings. The van der Waals surface area contributed by atoms with Crippen LogP contribution in [0.3, 0.4) is 0 Å². The molecule has 5 rings (SSSR count). The number of hydrogen-bond donors (Lipinski definition) is 1. The van der Waals surface area contributed by atoms with Gasteiger partial charge in [-0.25, -0.2) is 8.42 Å². The van der Waals surface area contributed by atoms with E-state index in [-0.39, 0.29) is 10.8 Å². The lowest BCUT2D eigenvalue weighted by Gasteiger charge is -2.50. The van der Waals surface area contributed by atoms with Crippen LogP contribution in [0.4, 0.5) is 5.69 Å². The Hall–Kier alpha value is -1.48. The highest BCUT2D eigenvalue weighted by atomic mass is 32.2. The molecular weight excluding hydrogens is 376 g/mol. The SMILES string of the molecule is Cc1ccc(S(=O)(=O)N2CCCCC2)cc1NC(=O)C[N+]12CCN(CC1)CC2. The van der Waals surface area contributed by atoms with E-state index in [2.05, 4.69) is 10.2 Å². The van der Waals surface area contributed by atoms with Gasteiger partial charge in [-0.15, -0.1) is 0 Å². The number of rotatable bonds is 5. The third-order valence-corrected chi connectivity index (χ3v) is 8.48. The van der Waals surface area contributed by atoms with Crippen molar-refractivity contribution in [3.8, 4) is 0 Å². The second-order valence-electron chi connectivity index (χ2n) is 8.50. The quantitative estimate of drug-likeness (QED) is 0.746. The maximum absolute atomic E-state index is 13.0. The van der Waals surface area contributed by atoms with Crippen molar-refractivity contribution in [2.75, 3.05) is 64.2 Å². The van der Waals surface area contributed by atoms with Crippen LogP contribution < -0.4 is 5.32 Å². The molecule has 8 heteroatoms. The summed E-state index contributed by atoms with van der Waals surface area (Å²) in [5.41, 5.74) is 1.49. The molecule has 4 fully saturated rings. The summed E-state index contributed by atoms with van der Waals surface area (Å²) >= 11 is 0. The summed E-state index contributed by atoms with van der Waals surface area (Å²) < 4.78 is 28.3. The normalized spacial score (nSPS) is 28.2. The van der Waals surface area contributed by atoms with Gasteiger partial charge in [-0.1, -0.05) is 12.5 Å². The average Bonchev–Trinajstić information content (AvgIpc) is 2.71. The highest BCUT2D eigenvalue weighted by Gasteiger charge is 2.39. The van der Waals surface area contributed by atoms with Crippen molar-refractivity contribution in [3.05, 3.63) is 23.8 Å². The summed E-state index contributed by atoms with van der Waals surface area (Å²) in [6, 6.07) is 5.07. The Kier molecular flexibility index (Phi) is 5.48. The first-order valence-electron chi connectivity index (χ1n) is 10.4. The standard InChI is InChI=1S/C20H30N4O3S/c1-17-5-6-18(28(26,27)23-7-3-2-4-8-23)15-19(17)21-20(25)16-24-12-9-22(10-13-24)11-14-24/h5-6,15H,2-4,7-14,16H2,1H3/p+1. The Morgan fingerprint density at radius 2 is 1.68 bits per heavy atom. The number of aryl methyl sites for hydroxylation is 1. The fourth-order valence-corrected chi connectivity index (χ4v) is 6.16. The van der Waals surface area contributed by atoms with Crippen molar-refractivity contribution in [2.24, 2.45) is 0 Å². The number of carbonyl (C=O) groups excluding carboxylic acids is 1. The monoisotopic (exact) mass is 407 g/mol. The number of fused-ring (bicyclic) bond motifs is 3. The fourth-order valence-electron chi connectivity index (χ4n) is 4.61. The summed E-state index contributed by atoms with van der Waals surface area (Å²) in [5, 5.41) is 3.00. The maximum atomic E-state index is 13.0. The molecule has 0 unspecified atom stereocenters. The summed E-state index contributed by atoms with van der Waals surface area (Å²) in [6.07, 6.45) is 2.90. The topological polar surface area (TPSA) is 69.7 Å². The minimum Gasteiger partial charge on any atom is -0.321 e. The van der Waals surface area contributed by atoms with Crippen LogP contribution in [0, 0.1) is 6.92 Å². The highest BCUT2D eigenvalue weighted by molar-refractivity contribution is 7.89. The van der Waals surface area contributed by atoms with Gasteiger partial charge in [0.1, 0.15) is 0 Å². The van der Waals surface area contributed by atoms with E-state index >= 15 is 0 Å². The number of piperidine rings is 1. The van der Waals surface area contributed by atoms with E-state index < -0.39 is 10.0 Å². The predicted molar refractivity (Wildman–Crippen MR) is 109 cm³/mol. The molecule has 2 bridgehead atoms. The second-order valence-corrected chi connectivity index (χ2v) is 10.4. The summed E-state index contributed by atoms with van der Waals surface area (Å²) in [7, 11) is -3.50. The Morgan fingerprint density at radius 1 is 1.04 bits per heavy atom. The molecular formula is C20H31N4O3S+. The lowest BCUT2D eigenvalue weighted by molar-refractivity contribution is -0.933. The van der Waals surface area contributed by atoms with Crippen molar-refractivity contribution in [3.63, 3.8) is 0 Å². The minimum absolute atomic E-state index is 0.0222. The third kappa shape index (κ3) is 3.96. The van der Waals surface area contributed by atoms with E-state index in [1.54, 1.807) is 22.5 Å². The largest absolute Gasteiger partial charge is 0.321 e. The van der Waals surface area contributed by atoms with Crippen molar-refractivity contribution < 1.29 is 17.7 Å². The van der Waals surface area contributed by atoms with Gasteiger partial charge in [-0.3, -0.25) is 9.69 Å². The first-order valence-corrected chi connectivity index (χ1v) is 11.8. The molecule has 0 aliphatic carbocycles. The van der Waals surface area contributed by atoms with Crippen molar-refractivity contribution in [2.45, 2.75) is 31.1 Å². The van der Waals surface area contributed by atoms with Gasteiger partial charge >= 0.3 is 0 Å². The number of anilines is 1. The van der Waals surface area contributed by atoms with E-state index in [0.29, 0.717) is 25.3 Å². The van der Waals surface area contributed by atoms with E-state index in [0.717, 1.165) is 68.6 Å². The molecule has 4 saturated heterocycles. The Balaban J connectivity index is 1.48. The van der Waals surface area contributed by atoms with Crippen LogP contribution in [0.25, 0.3) is 0 Å². The molecule has 4 aliphatic rings. The summed E-state index contributed by atoms with van der Waals surface area (Å²) in [5.74, 6) is -0.0222. The molecule has 0 atom stereocenters. The van der Waals surface area contributed by atoms with Gasteiger partial charge in [-0.2, -0.15) is 4.31 Å². The van der Waals surface area contributed by atoms with Gasteiger partial charge in [0.2, 0.25) is 10.0 Å².